The average molecular weight is 387 g/mol. The standard InChI is InChI=1S/C24H22N2OS/c1-3-26-22(15-25-23(26)21-9-6-12-28-21)24(2,27)18-10-11-20-17(14-18)13-16-7-4-5-8-19(16)20/h4-12,14-15,27H,3,13H2,1-2H3. The molecule has 4 heteroatoms. The fraction of sp³-hybridized carbons (Fsp3) is 0.208. The summed E-state index contributed by atoms with van der Waals surface area (Å²) in [5.41, 5.74) is 5.84. The fourth-order valence-corrected chi connectivity index (χ4v) is 5.01. The second-order valence-corrected chi connectivity index (χ2v) is 8.41. The first-order valence-electron chi connectivity index (χ1n) is 9.63. The second-order valence-electron chi connectivity index (χ2n) is 7.47. The summed E-state index contributed by atoms with van der Waals surface area (Å²) in [5, 5.41) is 13.6. The van der Waals surface area contributed by atoms with Crippen LogP contribution in [0.4, 0.5) is 0 Å². The van der Waals surface area contributed by atoms with Gasteiger partial charge in [0.15, 0.2) is 0 Å². The molecule has 0 amide bonds. The first kappa shape index (κ1) is 17.4. The van der Waals surface area contributed by atoms with Crippen LogP contribution in [0.5, 0.6) is 0 Å². The summed E-state index contributed by atoms with van der Waals surface area (Å²) in [6.45, 7) is 4.73. The topological polar surface area (TPSA) is 38.0 Å². The molecule has 1 aliphatic carbocycles. The van der Waals surface area contributed by atoms with Crippen LogP contribution in [0.3, 0.4) is 0 Å². The molecule has 28 heavy (non-hydrogen) atoms. The summed E-state index contributed by atoms with van der Waals surface area (Å²) < 4.78 is 2.12. The normalized spacial score (nSPS) is 14.5. The number of benzene rings is 2. The van der Waals surface area contributed by atoms with Gasteiger partial charge in [0.1, 0.15) is 11.4 Å². The van der Waals surface area contributed by atoms with Gasteiger partial charge in [0.05, 0.1) is 16.8 Å². The van der Waals surface area contributed by atoms with Gasteiger partial charge in [-0.25, -0.2) is 4.98 Å². The number of hydrogen-bond acceptors (Lipinski definition) is 3. The molecular formula is C24H22N2OS. The molecule has 1 aliphatic rings. The van der Waals surface area contributed by atoms with Gasteiger partial charge >= 0.3 is 0 Å². The first-order valence-corrected chi connectivity index (χ1v) is 10.5. The van der Waals surface area contributed by atoms with Crippen LogP contribution in [-0.4, -0.2) is 14.7 Å². The molecule has 0 radical (unpaired) electrons. The van der Waals surface area contributed by atoms with Gasteiger partial charge in [-0.2, -0.15) is 0 Å². The van der Waals surface area contributed by atoms with Crippen molar-refractivity contribution < 1.29 is 5.11 Å². The monoisotopic (exact) mass is 386 g/mol. The van der Waals surface area contributed by atoms with E-state index in [-0.39, 0.29) is 0 Å². The van der Waals surface area contributed by atoms with Crippen LogP contribution in [0.1, 0.15) is 36.2 Å². The van der Waals surface area contributed by atoms with Crippen molar-refractivity contribution >= 4 is 11.3 Å². The Morgan fingerprint density at radius 3 is 2.68 bits per heavy atom. The number of aliphatic hydroxyl groups is 1. The molecule has 2 aromatic carbocycles. The average Bonchev–Trinajstić information content (AvgIpc) is 3.43. The maximum Gasteiger partial charge on any atom is 0.150 e. The number of fused-ring (bicyclic) bond motifs is 3. The molecule has 0 saturated carbocycles. The summed E-state index contributed by atoms with van der Waals surface area (Å²) in [5.74, 6) is 0.918. The van der Waals surface area contributed by atoms with E-state index in [0.717, 1.165) is 34.9 Å². The molecule has 2 heterocycles. The van der Waals surface area contributed by atoms with Gasteiger partial charge in [0.2, 0.25) is 0 Å². The molecule has 0 bridgehead atoms. The third kappa shape index (κ3) is 2.56. The predicted molar refractivity (Wildman–Crippen MR) is 115 cm³/mol. The van der Waals surface area contributed by atoms with E-state index < -0.39 is 5.60 Å². The maximum atomic E-state index is 11.6. The molecule has 0 spiro atoms. The molecular weight excluding hydrogens is 364 g/mol. The van der Waals surface area contributed by atoms with Crippen LogP contribution < -0.4 is 0 Å². The highest BCUT2D eigenvalue weighted by Crippen LogP contribution is 2.40. The van der Waals surface area contributed by atoms with Crippen molar-refractivity contribution in [3.63, 3.8) is 0 Å². The van der Waals surface area contributed by atoms with E-state index in [2.05, 4.69) is 70.4 Å². The van der Waals surface area contributed by atoms with Gasteiger partial charge in [-0.3, -0.25) is 0 Å². The molecule has 0 fully saturated rings. The summed E-state index contributed by atoms with van der Waals surface area (Å²) >= 11 is 1.67. The highest BCUT2D eigenvalue weighted by Gasteiger charge is 2.32. The van der Waals surface area contributed by atoms with Crippen molar-refractivity contribution in [3.05, 3.63) is 88.6 Å². The van der Waals surface area contributed by atoms with Gasteiger partial charge in [0.25, 0.3) is 0 Å². The van der Waals surface area contributed by atoms with Gasteiger partial charge < -0.3 is 9.67 Å². The summed E-state index contributed by atoms with van der Waals surface area (Å²) in [7, 11) is 0. The van der Waals surface area contributed by atoms with Crippen molar-refractivity contribution in [1.29, 1.82) is 0 Å². The zero-order chi connectivity index (χ0) is 19.3. The Balaban J connectivity index is 1.58. The van der Waals surface area contributed by atoms with E-state index >= 15 is 0 Å². The number of nitrogens with zero attached hydrogens (tertiary/aromatic N) is 2. The first-order chi connectivity index (χ1) is 13.6. The Morgan fingerprint density at radius 2 is 1.89 bits per heavy atom. The van der Waals surface area contributed by atoms with Crippen LogP contribution in [-0.2, 0) is 18.6 Å². The van der Waals surface area contributed by atoms with E-state index in [4.69, 9.17) is 0 Å². The van der Waals surface area contributed by atoms with E-state index in [1.807, 2.05) is 19.2 Å². The van der Waals surface area contributed by atoms with Gasteiger partial charge in [-0.05, 0) is 59.5 Å². The highest BCUT2D eigenvalue weighted by atomic mass is 32.1. The molecule has 0 aliphatic heterocycles. The second kappa shape index (κ2) is 6.43. The van der Waals surface area contributed by atoms with Crippen LogP contribution in [0.2, 0.25) is 0 Å². The molecule has 1 N–H and O–H groups in total. The van der Waals surface area contributed by atoms with E-state index in [0.29, 0.717) is 0 Å². The van der Waals surface area contributed by atoms with Crippen molar-refractivity contribution in [2.75, 3.05) is 0 Å². The predicted octanol–water partition coefficient (Wildman–Crippen LogP) is 5.46. The zero-order valence-corrected chi connectivity index (χ0v) is 16.8. The lowest BCUT2D eigenvalue weighted by molar-refractivity contribution is 0.0933. The molecule has 140 valence electrons. The third-order valence-electron chi connectivity index (χ3n) is 5.77. The van der Waals surface area contributed by atoms with E-state index in [1.54, 1.807) is 11.3 Å². The lowest BCUT2D eigenvalue weighted by Crippen LogP contribution is -2.26. The van der Waals surface area contributed by atoms with Crippen LogP contribution in [0, 0.1) is 0 Å². The number of aromatic nitrogens is 2. The highest BCUT2D eigenvalue weighted by molar-refractivity contribution is 7.13. The Bertz CT molecular complexity index is 1160. The van der Waals surface area contributed by atoms with E-state index in [9.17, 15) is 5.11 Å². The maximum absolute atomic E-state index is 11.6. The SMILES string of the molecule is CCn1c(C(C)(O)c2ccc3c(c2)Cc2ccccc2-3)cnc1-c1cccs1. The molecule has 3 nitrogen and oxygen atoms in total. The smallest absolute Gasteiger partial charge is 0.150 e. The lowest BCUT2D eigenvalue weighted by atomic mass is 9.90. The summed E-state index contributed by atoms with van der Waals surface area (Å²) in [4.78, 5) is 5.76. The van der Waals surface area contributed by atoms with Crippen molar-refractivity contribution in [3.8, 4) is 21.8 Å². The number of rotatable bonds is 4. The molecule has 0 saturated heterocycles. The van der Waals surface area contributed by atoms with Crippen LogP contribution in [0.15, 0.2) is 66.2 Å². The quantitative estimate of drug-likeness (QED) is 0.445. The lowest BCUT2D eigenvalue weighted by Gasteiger charge is -2.26. The van der Waals surface area contributed by atoms with Gasteiger partial charge in [-0.15, -0.1) is 11.3 Å². The minimum atomic E-state index is -1.11. The van der Waals surface area contributed by atoms with Crippen LogP contribution in [0.25, 0.3) is 21.8 Å². The Hall–Kier alpha value is -2.69. The minimum absolute atomic E-state index is 0.759. The number of hydrogen-bond donors (Lipinski definition) is 1. The molecule has 5 rings (SSSR count). The largest absolute Gasteiger partial charge is 0.379 e. The molecule has 1 atom stereocenters. The molecule has 2 aromatic heterocycles. The van der Waals surface area contributed by atoms with E-state index in [1.165, 1.54) is 22.3 Å². The fourth-order valence-electron chi connectivity index (χ4n) is 4.28. The van der Waals surface area contributed by atoms with Crippen LogP contribution >= 0.6 is 11.3 Å². The van der Waals surface area contributed by atoms with Crippen molar-refractivity contribution in [2.45, 2.75) is 32.4 Å². The van der Waals surface area contributed by atoms with Gasteiger partial charge in [-0.1, -0.05) is 48.5 Å². The van der Waals surface area contributed by atoms with Crippen molar-refractivity contribution in [1.82, 2.24) is 9.55 Å². The van der Waals surface area contributed by atoms with Gasteiger partial charge in [0, 0.05) is 6.54 Å². The Kier molecular flexibility index (Phi) is 4.00. The minimum Gasteiger partial charge on any atom is -0.379 e. The number of imidazole rings is 1. The Morgan fingerprint density at radius 1 is 1.07 bits per heavy atom. The summed E-state index contributed by atoms with van der Waals surface area (Å²) in [6, 6.07) is 19.0. The molecule has 1 unspecified atom stereocenters. The summed E-state index contributed by atoms with van der Waals surface area (Å²) in [6.07, 6.45) is 2.74. The zero-order valence-electron chi connectivity index (χ0n) is 16.0. The Labute approximate surface area is 168 Å². The number of thiophene rings is 1. The van der Waals surface area contributed by atoms with Crippen molar-refractivity contribution in [2.24, 2.45) is 0 Å². The molecule has 4 aromatic rings. The third-order valence-corrected chi connectivity index (χ3v) is 6.63.